The minimum Gasteiger partial charge on any atom is -0.444 e. The number of allylic oxidation sites excluding steroid dienone is 1. The van der Waals surface area contributed by atoms with Crippen LogP contribution in [0.4, 0.5) is 0 Å². The fraction of sp³-hybridized carbons (Fsp3) is 0.214. The van der Waals surface area contributed by atoms with Gasteiger partial charge in [-0.25, -0.2) is 0 Å². The number of benzene rings is 1. The molecule has 0 saturated heterocycles. The summed E-state index contributed by atoms with van der Waals surface area (Å²) in [5, 5.41) is 0.746. The Morgan fingerprint density at radius 2 is 2.28 bits per heavy atom. The molecule has 0 heterocycles. The molecule has 0 spiro atoms. The van der Waals surface area contributed by atoms with Gasteiger partial charge in [-0.3, -0.25) is 4.79 Å². The molecule has 0 saturated carbocycles. The topological polar surface area (TPSA) is 26.3 Å². The molecule has 1 unspecified atom stereocenters. The second-order valence-electron chi connectivity index (χ2n) is 3.45. The molecule has 94 valence electrons. The third kappa shape index (κ3) is 4.10. The lowest BCUT2D eigenvalue weighted by molar-refractivity contribution is -0.144. The van der Waals surface area contributed by atoms with Crippen molar-refractivity contribution in [2.24, 2.45) is 0 Å². The van der Waals surface area contributed by atoms with Crippen LogP contribution in [-0.2, 0) is 9.53 Å². The first-order valence-electron chi connectivity index (χ1n) is 5.26. The molecule has 0 bridgehead atoms. The largest absolute Gasteiger partial charge is 0.444 e. The lowest BCUT2D eigenvalue weighted by Gasteiger charge is -2.13. The summed E-state index contributed by atoms with van der Waals surface area (Å²) in [5.74, 6) is 5.24. The number of ether oxygens (including phenoxy) is 1. The SMILES string of the molecule is C=CCC#CC(OC(C)=O)c1cccc(Cl)c1Cl. The fourth-order valence-electron chi connectivity index (χ4n) is 1.28. The highest BCUT2D eigenvalue weighted by atomic mass is 35.5. The van der Waals surface area contributed by atoms with Crippen LogP contribution in [0.1, 0.15) is 25.0 Å². The number of hydrogen-bond donors (Lipinski definition) is 0. The van der Waals surface area contributed by atoms with E-state index in [1.165, 1.54) is 6.92 Å². The van der Waals surface area contributed by atoms with Crippen molar-refractivity contribution in [1.82, 2.24) is 0 Å². The van der Waals surface area contributed by atoms with Gasteiger partial charge in [0.25, 0.3) is 0 Å². The van der Waals surface area contributed by atoms with Crippen LogP contribution in [0.15, 0.2) is 30.9 Å². The lowest BCUT2D eigenvalue weighted by Crippen LogP contribution is -2.07. The number of esters is 1. The Morgan fingerprint density at radius 3 is 2.89 bits per heavy atom. The third-order valence-electron chi connectivity index (χ3n) is 2.03. The molecule has 0 aliphatic rings. The zero-order valence-electron chi connectivity index (χ0n) is 9.87. The molecule has 18 heavy (non-hydrogen) atoms. The maximum absolute atomic E-state index is 11.1. The van der Waals surface area contributed by atoms with E-state index in [-0.39, 0.29) is 0 Å². The zero-order valence-corrected chi connectivity index (χ0v) is 11.4. The average molecular weight is 283 g/mol. The Labute approximate surface area is 117 Å². The highest BCUT2D eigenvalue weighted by Gasteiger charge is 2.16. The summed E-state index contributed by atoms with van der Waals surface area (Å²) < 4.78 is 5.13. The Hall–Kier alpha value is -1.43. The van der Waals surface area contributed by atoms with E-state index in [1.807, 2.05) is 0 Å². The maximum atomic E-state index is 11.1. The average Bonchev–Trinajstić information content (AvgIpc) is 2.31. The number of carbonyl (C=O) groups excluding carboxylic acids is 1. The van der Waals surface area contributed by atoms with Gasteiger partial charge < -0.3 is 4.74 Å². The van der Waals surface area contributed by atoms with Gasteiger partial charge in [0, 0.05) is 18.9 Å². The molecule has 0 fully saturated rings. The lowest BCUT2D eigenvalue weighted by atomic mass is 10.1. The molecule has 1 rings (SSSR count). The normalized spacial score (nSPS) is 11.1. The van der Waals surface area contributed by atoms with Crippen LogP contribution in [-0.4, -0.2) is 5.97 Å². The predicted molar refractivity (Wildman–Crippen MR) is 73.6 cm³/mol. The molecule has 0 aromatic heterocycles. The molecule has 1 aromatic carbocycles. The highest BCUT2D eigenvalue weighted by molar-refractivity contribution is 6.42. The standard InChI is InChI=1S/C14H12Cl2O2/c1-3-4-5-9-13(18-10(2)17)11-7-6-8-12(15)14(11)16/h3,6-8,13H,1,4H2,2H3. The van der Waals surface area contributed by atoms with Gasteiger partial charge in [-0.2, -0.15) is 0 Å². The summed E-state index contributed by atoms with van der Waals surface area (Å²) in [6, 6.07) is 5.12. The summed E-state index contributed by atoms with van der Waals surface area (Å²) in [5.41, 5.74) is 0.580. The molecule has 1 aromatic rings. The van der Waals surface area contributed by atoms with E-state index in [0.717, 1.165) is 0 Å². The Balaban J connectivity index is 3.09. The first-order chi connectivity index (χ1) is 8.56. The molecule has 0 radical (unpaired) electrons. The first-order valence-corrected chi connectivity index (χ1v) is 6.02. The zero-order chi connectivity index (χ0) is 13.5. The van der Waals surface area contributed by atoms with Crippen LogP contribution in [0.5, 0.6) is 0 Å². The minimum absolute atomic E-state index is 0.346. The third-order valence-corrected chi connectivity index (χ3v) is 2.86. The van der Waals surface area contributed by atoms with Gasteiger partial charge in [-0.05, 0) is 6.07 Å². The maximum Gasteiger partial charge on any atom is 0.304 e. The van der Waals surface area contributed by atoms with Gasteiger partial charge in [-0.15, -0.1) is 6.58 Å². The second-order valence-corrected chi connectivity index (χ2v) is 4.23. The quantitative estimate of drug-likeness (QED) is 0.472. The number of rotatable bonds is 3. The highest BCUT2D eigenvalue weighted by Crippen LogP contribution is 2.31. The van der Waals surface area contributed by atoms with Gasteiger partial charge in [0.1, 0.15) is 0 Å². The van der Waals surface area contributed by atoms with E-state index in [2.05, 4.69) is 18.4 Å². The molecular weight excluding hydrogens is 271 g/mol. The molecule has 0 N–H and O–H groups in total. The van der Waals surface area contributed by atoms with E-state index in [9.17, 15) is 4.79 Å². The summed E-state index contributed by atoms with van der Waals surface area (Å²) in [4.78, 5) is 11.1. The second kappa shape index (κ2) is 7.10. The Bertz CT molecular complexity index is 512. The molecule has 1 atom stereocenters. The van der Waals surface area contributed by atoms with Crippen molar-refractivity contribution in [3.63, 3.8) is 0 Å². The van der Waals surface area contributed by atoms with Crippen molar-refractivity contribution >= 4 is 29.2 Å². The van der Waals surface area contributed by atoms with Crippen molar-refractivity contribution < 1.29 is 9.53 Å². The Morgan fingerprint density at radius 1 is 1.56 bits per heavy atom. The van der Waals surface area contributed by atoms with Crippen LogP contribution in [0.25, 0.3) is 0 Å². The molecule has 4 heteroatoms. The minimum atomic E-state index is -0.714. The number of hydrogen-bond acceptors (Lipinski definition) is 2. The smallest absolute Gasteiger partial charge is 0.304 e. The van der Waals surface area contributed by atoms with Crippen LogP contribution in [0.3, 0.4) is 0 Å². The monoisotopic (exact) mass is 282 g/mol. The number of carbonyl (C=O) groups is 1. The molecular formula is C14H12Cl2O2. The van der Waals surface area contributed by atoms with Gasteiger partial charge in [0.15, 0.2) is 6.10 Å². The summed E-state index contributed by atoms with van der Waals surface area (Å²) in [6.07, 6.45) is 1.46. The predicted octanol–water partition coefficient (Wildman–Crippen LogP) is 4.18. The molecule has 2 nitrogen and oxygen atoms in total. The molecule has 0 aliphatic carbocycles. The fourth-order valence-corrected chi connectivity index (χ4v) is 1.69. The Kier molecular flexibility index (Phi) is 5.77. The van der Waals surface area contributed by atoms with E-state index in [0.29, 0.717) is 22.0 Å². The van der Waals surface area contributed by atoms with Gasteiger partial charge in [0.2, 0.25) is 0 Å². The van der Waals surface area contributed by atoms with Crippen LogP contribution < -0.4 is 0 Å². The van der Waals surface area contributed by atoms with Crippen molar-refractivity contribution in [3.05, 3.63) is 46.5 Å². The molecule has 0 aliphatic heterocycles. The van der Waals surface area contributed by atoms with Crippen LogP contribution >= 0.6 is 23.2 Å². The van der Waals surface area contributed by atoms with Crippen molar-refractivity contribution in [3.8, 4) is 11.8 Å². The summed E-state index contributed by atoms with van der Waals surface area (Å²) in [6.45, 7) is 4.89. The van der Waals surface area contributed by atoms with Crippen LogP contribution in [0.2, 0.25) is 10.0 Å². The van der Waals surface area contributed by atoms with Crippen molar-refractivity contribution in [2.45, 2.75) is 19.4 Å². The van der Waals surface area contributed by atoms with Crippen LogP contribution in [0, 0.1) is 11.8 Å². The van der Waals surface area contributed by atoms with Gasteiger partial charge >= 0.3 is 5.97 Å². The van der Waals surface area contributed by atoms with Gasteiger partial charge in [0.05, 0.1) is 10.0 Å². The summed E-state index contributed by atoms with van der Waals surface area (Å²) in [7, 11) is 0. The van der Waals surface area contributed by atoms with E-state index in [4.69, 9.17) is 27.9 Å². The first kappa shape index (κ1) is 14.6. The number of halogens is 2. The van der Waals surface area contributed by atoms with E-state index < -0.39 is 12.1 Å². The van der Waals surface area contributed by atoms with Gasteiger partial charge in [-0.1, -0.05) is 53.3 Å². The van der Waals surface area contributed by atoms with Crippen molar-refractivity contribution in [1.29, 1.82) is 0 Å². The summed E-state index contributed by atoms with van der Waals surface area (Å²) >= 11 is 12.0. The molecule has 0 amide bonds. The van der Waals surface area contributed by atoms with Crippen molar-refractivity contribution in [2.75, 3.05) is 0 Å². The van der Waals surface area contributed by atoms with E-state index in [1.54, 1.807) is 24.3 Å². The van der Waals surface area contributed by atoms with E-state index >= 15 is 0 Å².